The van der Waals surface area contributed by atoms with Crippen LogP contribution in [0.5, 0.6) is 0 Å². The van der Waals surface area contributed by atoms with E-state index >= 15 is 0 Å². The fourth-order valence-corrected chi connectivity index (χ4v) is 4.52. The number of pyridine rings is 1. The summed E-state index contributed by atoms with van der Waals surface area (Å²) < 4.78 is 26.9. The first kappa shape index (κ1) is 15.4. The summed E-state index contributed by atoms with van der Waals surface area (Å²) in [7, 11) is -3.56. The lowest BCUT2D eigenvalue weighted by molar-refractivity contribution is 0.157. The molecule has 2 rings (SSSR count). The van der Waals surface area contributed by atoms with E-state index in [1.807, 2.05) is 6.92 Å². The molecule has 1 N–H and O–H groups in total. The van der Waals surface area contributed by atoms with Crippen LogP contribution in [0.3, 0.4) is 0 Å². The van der Waals surface area contributed by atoms with Crippen molar-refractivity contribution in [1.29, 1.82) is 0 Å². The first-order chi connectivity index (χ1) is 9.36. The molecule has 3 atom stereocenters. The Bertz CT molecular complexity index is 556. The van der Waals surface area contributed by atoms with Crippen LogP contribution in [0.4, 0.5) is 0 Å². The van der Waals surface area contributed by atoms with Crippen LogP contribution in [0.25, 0.3) is 0 Å². The van der Waals surface area contributed by atoms with E-state index < -0.39 is 10.0 Å². The minimum absolute atomic E-state index is 0.0180. The standard InChI is InChI=1S/C14H22N2O3S/c1-10-6-11(2)12(3)16(8-10)20(18,19)14-5-4-13(9-17)7-15-14/h4-5,7,10-12,17H,6,8-9H2,1-3H3. The van der Waals surface area contributed by atoms with Crippen molar-refractivity contribution in [1.82, 2.24) is 9.29 Å². The molecule has 5 nitrogen and oxygen atoms in total. The van der Waals surface area contributed by atoms with E-state index in [0.29, 0.717) is 23.9 Å². The van der Waals surface area contributed by atoms with Gasteiger partial charge in [0.05, 0.1) is 6.61 Å². The highest BCUT2D eigenvalue weighted by molar-refractivity contribution is 7.89. The quantitative estimate of drug-likeness (QED) is 0.920. The summed E-state index contributed by atoms with van der Waals surface area (Å²) in [5.74, 6) is 0.693. The predicted molar refractivity (Wildman–Crippen MR) is 76.5 cm³/mol. The molecule has 0 saturated carbocycles. The summed E-state index contributed by atoms with van der Waals surface area (Å²) in [6.45, 7) is 6.52. The van der Waals surface area contributed by atoms with Crippen LogP contribution in [-0.4, -0.2) is 35.4 Å². The maximum Gasteiger partial charge on any atom is 0.260 e. The maximum atomic E-state index is 12.7. The number of hydrogen-bond acceptors (Lipinski definition) is 4. The fraction of sp³-hybridized carbons (Fsp3) is 0.643. The highest BCUT2D eigenvalue weighted by atomic mass is 32.2. The molecule has 0 amide bonds. The van der Waals surface area contributed by atoms with Gasteiger partial charge in [0.25, 0.3) is 10.0 Å². The van der Waals surface area contributed by atoms with Crippen LogP contribution in [-0.2, 0) is 16.6 Å². The molecule has 1 fully saturated rings. The lowest BCUT2D eigenvalue weighted by Crippen LogP contribution is -2.48. The van der Waals surface area contributed by atoms with Crippen molar-refractivity contribution in [2.75, 3.05) is 6.54 Å². The molecule has 1 aliphatic rings. The Kier molecular flexibility index (Phi) is 4.46. The van der Waals surface area contributed by atoms with Crippen molar-refractivity contribution >= 4 is 10.0 Å². The number of rotatable bonds is 3. The molecule has 0 aromatic carbocycles. The molecule has 1 saturated heterocycles. The highest BCUT2D eigenvalue weighted by Gasteiger charge is 2.37. The van der Waals surface area contributed by atoms with Gasteiger partial charge in [-0.05, 0) is 36.8 Å². The van der Waals surface area contributed by atoms with Gasteiger partial charge in [-0.2, -0.15) is 4.31 Å². The van der Waals surface area contributed by atoms with E-state index in [1.165, 1.54) is 12.3 Å². The molecule has 2 heterocycles. The third-order valence-electron chi connectivity index (χ3n) is 4.10. The van der Waals surface area contributed by atoms with Crippen LogP contribution < -0.4 is 0 Å². The second kappa shape index (κ2) is 5.79. The number of hydrogen-bond donors (Lipinski definition) is 1. The van der Waals surface area contributed by atoms with Gasteiger partial charge in [0.2, 0.25) is 0 Å². The van der Waals surface area contributed by atoms with Gasteiger partial charge in [0, 0.05) is 18.8 Å². The van der Waals surface area contributed by atoms with E-state index in [4.69, 9.17) is 5.11 Å². The number of sulfonamides is 1. The zero-order valence-electron chi connectivity index (χ0n) is 12.2. The second-order valence-electron chi connectivity index (χ2n) is 5.80. The van der Waals surface area contributed by atoms with Crippen LogP contribution >= 0.6 is 0 Å². The lowest BCUT2D eigenvalue weighted by Gasteiger charge is -2.39. The Hall–Kier alpha value is -0.980. The summed E-state index contributed by atoms with van der Waals surface area (Å²) in [6, 6.07) is 3.05. The normalized spacial score (nSPS) is 28.5. The van der Waals surface area contributed by atoms with Crippen molar-refractivity contribution in [3.63, 3.8) is 0 Å². The summed E-state index contributed by atoms with van der Waals surface area (Å²) >= 11 is 0. The van der Waals surface area contributed by atoms with E-state index in [9.17, 15) is 8.42 Å². The molecule has 0 spiro atoms. The van der Waals surface area contributed by atoms with E-state index in [0.717, 1.165) is 6.42 Å². The van der Waals surface area contributed by atoms with E-state index in [1.54, 1.807) is 10.4 Å². The second-order valence-corrected chi connectivity index (χ2v) is 7.63. The largest absolute Gasteiger partial charge is 0.392 e. The molecular weight excluding hydrogens is 276 g/mol. The van der Waals surface area contributed by atoms with Gasteiger partial charge < -0.3 is 5.11 Å². The van der Waals surface area contributed by atoms with Gasteiger partial charge in [0.1, 0.15) is 0 Å². The van der Waals surface area contributed by atoms with Gasteiger partial charge in [-0.15, -0.1) is 0 Å². The Balaban J connectivity index is 2.32. The van der Waals surface area contributed by atoms with Crippen molar-refractivity contribution in [3.8, 4) is 0 Å². The summed E-state index contributed by atoms with van der Waals surface area (Å²) in [6.07, 6.45) is 2.46. The topological polar surface area (TPSA) is 70.5 Å². The molecule has 1 aromatic heterocycles. The minimum Gasteiger partial charge on any atom is -0.392 e. The zero-order chi connectivity index (χ0) is 14.9. The molecule has 112 valence electrons. The van der Waals surface area contributed by atoms with Gasteiger partial charge in [0.15, 0.2) is 5.03 Å². The molecule has 1 aliphatic heterocycles. The Morgan fingerprint density at radius 1 is 1.35 bits per heavy atom. The number of aromatic nitrogens is 1. The first-order valence-electron chi connectivity index (χ1n) is 6.94. The van der Waals surface area contributed by atoms with Crippen LogP contribution in [0, 0.1) is 11.8 Å². The van der Waals surface area contributed by atoms with Crippen molar-refractivity contribution in [3.05, 3.63) is 23.9 Å². The monoisotopic (exact) mass is 298 g/mol. The van der Waals surface area contributed by atoms with Gasteiger partial charge in [-0.3, -0.25) is 0 Å². The Labute approximate surface area is 120 Å². The molecule has 0 aliphatic carbocycles. The summed E-state index contributed by atoms with van der Waals surface area (Å²) in [5, 5.41) is 9.05. The smallest absolute Gasteiger partial charge is 0.260 e. The minimum atomic E-state index is -3.56. The molecule has 6 heteroatoms. The van der Waals surface area contributed by atoms with Crippen molar-refractivity contribution in [2.24, 2.45) is 11.8 Å². The predicted octanol–water partition coefficient (Wildman–Crippen LogP) is 1.63. The molecule has 0 radical (unpaired) electrons. The third kappa shape index (κ3) is 2.87. The molecular formula is C14H22N2O3S. The Morgan fingerprint density at radius 3 is 2.60 bits per heavy atom. The number of piperidine rings is 1. The average molecular weight is 298 g/mol. The summed E-state index contributed by atoms with van der Waals surface area (Å²) in [5.41, 5.74) is 0.609. The van der Waals surface area contributed by atoms with Gasteiger partial charge >= 0.3 is 0 Å². The Morgan fingerprint density at radius 2 is 2.05 bits per heavy atom. The zero-order valence-corrected chi connectivity index (χ0v) is 13.0. The summed E-state index contributed by atoms with van der Waals surface area (Å²) in [4.78, 5) is 3.99. The molecule has 3 unspecified atom stereocenters. The van der Waals surface area contributed by atoms with Crippen LogP contribution in [0.1, 0.15) is 32.8 Å². The van der Waals surface area contributed by atoms with Crippen LogP contribution in [0.2, 0.25) is 0 Å². The average Bonchev–Trinajstić information content (AvgIpc) is 2.42. The molecule has 0 bridgehead atoms. The van der Waals surface area contributed by atoms with Crippen molar-refractivity contribution in [2.45, 2.75) is 44.9 Å². The van der Waals surface area contributed by atoms with E-state index in [-0.39, 0.29) is 17.7 Å². The van der Waals surface area contributed by atoms with Crippen LogP contribution in [0.15, 0.2) is 23.4 Å². The number of nitrogens with zero attached hydrogens (tertiary/aromatic N) is 2. The third-order valence-corrected chi connectivity index (χ3v) is 5.97. The lowest BCUT2D eigenvalue weighted by atomic mass is 9.88. The van der Waals surface area contributed by atoms with Gasteiger partial charge in [-0.25, -0.2) is 13.4 Å². The maximum absolute atomic E-state index is 12.7. The van der Waals surface area contributed by atoms with Gasteiger partial charge in [-0.1, -0.05) is 19.9 Å². The first-order valence-corrected chi connectivity index (χ1v) is 8.38. The van der Waals surface area contributed by atoms with Crippen molar-refractivity contribution < 1.29 is 13.5 Å². The van der Waals surface area contributed by atoms with E-state index in [2.05, 4.69) is 18.8 Å². The number of aliphatic hydroxyl groups excluding tert-OH is 1. The number of aliphatic hydroxyl groups is 1. The SMILES string of the molecule is CC1CC(C)C(C)N(S(=O)(=O)c2ccc(CO)cn2)C1. The molecule has 1 aromatic rings. The highest BCUT2D eigenvalue weighted by Crippen LogP contribution is 2.31. The molecule has 20 heavy (non-hydrogen) atoms. The fourth-order valence-electron chi connectivity index (χ4n) is 2.76.